The maximum absolute atomic E-state index is 13.3. The number of carbonyl (C=O) groups is 4. The minimum atomic E-state index is -0.666. The lowest BCUT2D eigenvalue weighted by Crippen LogP contribution is -2.53. The third-order valence-electron chi connectivity index (χ3n) is 7.02. The molecule has 1 saturated heterocycles. The van der Waals surface area contributed by atoms with E-state index in [1.54, 1.807) is 4.90 Å². The second-order valence-electron chi connectivity index (χ2n) is 10.7. The Morgan fingerprint density at radius 3 is 2.57 bits per heavy atom. The van der Waals surface area contributed by atoms with Crippen molar-refractivity contribution in [3.63, 3.8) is 0 Å². The predicted octanol–water partition coefficient (Wildman–Crippen LogP) is 2.75. The molecular weight excluding hydrogens is 488 g/mol. The lowest BCUT2D eigenvalue weighted by Gasteiger charge is -2.28. The lowest BCUT2D eigenvalue weighted by molar-refractivity contribution is -0.140. The van der Waals surface area contributed by atoms with Gasteiger partial charge < -0.3 is 20.9 Å². The van der Waals surface area contributed by atoms with Crippen molar-refractivity contribution in [3.05, 3.63) is 35.4 Å². The molecule has 1 aromatic rings. The zero-order valence-corrected chi connectivity index (χ0v) is 23.0. The molecule has 0 spiro atoms. The van der Waals surface area contributed by atoms with Gasteiger partial charge in [-0.25, -0.2) is 0 Å². The topological polar surface area (TPSA) is 108 Å². The van der Waals surface area contributed by atoms with Gasteiger partial charge in [0.1, 0.15) is 12.1 Å². The molecule has 3 rings (SSSR count). The van der Waals surface area contributed by atoms with Crippen LogP contribution in [0.15, 0.2) is 24.3 Å². The highest BCUT2D eigenvalue weighted by Crippen LogP contribution is 2.21. The van der Waals surface area contributed by atoms with Gasteiger partial charge in [-0.2, -0.15) is 12.6 Å². The SMILES string of the molecule is CC(C)C[C@@H]1CC(=O)N2CCC[C@H]2C(=O)N[C@@H](CCCCCS)C(=O)NCc2cccc(c2)CC(=O)N1. The van der Waals surface area contributed by atoms with Crippen LogP contribution in [0, 0.1) is 5.92 Å². The standard InChI is InChI=1S/C28H42N4O4S/c1-19(2)14-22-17-26(34)32-12-7-11-24(32)28(36)31-23(10-4-3-5-13-37)27(35)29-18-21-9-6-8-20(15-21)16-25(33)30-22/h6,8-9,15,19,22-24,37H,3-5,7,10-14,16-18H2,1-2H3,(H,29,35)(H,30,33)(H,31,36)/t22-,23+,24+/m1/s1. The maximum atomic E-state index is 13.3. The van der Waals surface area contributed by atoms with Crippen molar-refractivity contribution in [1.82, 2.24) is 20.9 Å². The normalized spacial score (nSPS) is 23.8. The predicted molar refractivity (Wildman–Crippen MR) is 147 cm³/mol. The summed E-state index contributed by atoms with van der Waals surface area (Å²) in [7, 11) is 0. The van der Waals surface area contributed by atoms with Crippen LogP contribution >= 0.6 is 12.6 Å². The average molecular weight is 531 g/mol. The first-order valence-corrected chi connectivity index (χ1v) is 14.3. The highest BCUT2D eigenvalue weighted by molar-refractivity contribution is 7.80. The number of amides is 4. The van der Waals surface area contributed by atoms with Gasteiger partial charge in [0, 0.05) is 25.6 Å². The van der Waals surface area contributed by atoms with Crippen LogP contribution in [0.25, 0.3) is 0 Å². The molecule has 0 aromatic heterocycles. The number of unbranched alkanes of at least 4 members (excludes halogenated alkanes) is 2. The Balaban J connectivity index is 1.85. The fourth-order valence-corrected chi connectivity index (χ4v) is 5.45. The fraction of sp³-hybridized carbons (Fsp3) is 0.643. The van der Waals surface area contributed by atoms with Crippen LogP contribution in [-0.4, -0.2) is 59.0 Å². The van der Waals surface area contributed by atoms with Crippen LogP contribution in [0.4, 0.5) is 0 Å². The van der Waals surface area contributed by atoms with E-state index in [0.717, 1.165) is 42.6 Å². The Morgan fingerprint density at radius 2 is 1.81 bits per heavy atom. The smallest absolute Gasteiger partial charge is 0.243 e. The number of nitrogens with one attached hydrogen (secondary N) is 3. The van der Waals surface area contributed by atoms with E-state index in [9.17, 15) is 19.2 Å². The number of hydrogen-bond acceptors (Lipinski definition) is 5. The minimum absolute atomic E-state index is 0.135. The third-order valence-corrected chi connectivity index (χ3v) is 7.34. The van der Waals surface area contributed by atoms with Crippen molar-refractivity contribution in [2.75, 3.05) is 12.3 Å². The van der Waals surface area contributed by atoms with Gasteiger partial charge in [0.2, 0.25) is 23.6 Å². The molecule has 0 aliphatic carbocycles. The van der Waals surface area contributed by atoms with Crippen LogP contribution in [0.3, 0.4) is 0 Å². The Hall–Kier alpha value is -2.55. The Bertz CT molecular complexity index is 954. The second kappa shape index (κ2) is 14.4. The summed E-state index contributed by atoms with van der Waals surface area (Å²) >= 11 is 4.26. The summed E-state index contributed by atoms with van der Waals surface area (Å²) in [5, 5.41) is 8.97. The summed E-state index contributed by atoms with van der Waals surface area (Å²) in [5.74, 6) is 0.295. The molecule has 1 fully saturated rings. The molecule has 0 unspecified atom stereocenters. The van der Waals surface area contributed by atoms with E-state index in [2.05, 4.69) is 42.4 Å². The molecular formula is C28H42N4O4S. The molecule has 9 heteroatoms. The number of benzene rings is 1. The van der Waals surface area contributed by atoms with Crippen LogP contribution in [0.2, 0.25) is 0 Å². The van der Waals surface area contributed by atoms with Crippen LogP contribution in [0.1, 0.15) is 76.3 Å². The van der Waals surface area contributed by atoms with E-state index in [1.165, 1.54) is 0 Å². The number of thiol groups is 1. The van der Waals surface area contributed by atoms with Crippen LogP contribution in [-0.2, 0) is 32.1 Å². The molecule has 2 aliphatic heterocycles. The van der Waals surface area contributed by atoms with Gasteiger partial charge in [-0.3, -0.25) is 19.2 Å². The zero-order chi connectivity index (χ0) is 26.8. The monoisotopic (exact) mass is 530 g/mol. The minimum Gasteiger partial charge on any atom is -0.353 e. The van der Waals surface area contributed by atoms with Gasteiger partial charge in [-0.05, 0) is 54.9 Å². The summed E-state index contributed by atoms with van der Waals surface area (Å²) < 4.78 is 0. The first-order valence-electron chi connectivity index (χ1n) is 13.6. The molecule has 0 saturated carbocycles. The van der Waals surface area contributed by atoms with Gasteiger partial charge in [0.25, 0.3) is 0 Å². The first kappa shape index (κ1) is 29.0. The molecule has 1 aromatic carbocycles. The van der Waals surface area contributed by atoms with Gasteiger partial charge in [0.15, 0.2) is 0 Å². The molecule has 2 aliphatic rings. The largest absolute Gasteiger partial charge is 0.353 e. The Morgan fingerprint density at radius 1 is 1.03 bits per heavy atom. The fourth-order valence-electron chi connectivity index (χ4n) is 5.23. The summed E-state index contributed by atoms with van der Waals surface area (Å²) in [6, 6.07) is 6.02. The van der Waals surface area contributed by atoms with Crippen molar-refractivity contribution in [2.45, 2.75) is 96.3 Å². The first-order chi connectivity index (χ1) is 17.8. The molecule has 2 bridgehead atoms. The van der Waals surface area contributed by atoms with E-state index >= 15 is 0 Å². The van der Waals surface area contributed by atoms with E-state index < -0.39 is 12.1 Å². The average Bonchev–Trinajstić information content (AvgIpc) is 3.34. The van der Waals surface area contributed by atoms with Crippen molar-refractivity contribution in [2.24, 2.45) is 5.92 Å². The number of carbonyl (C=O) groups excluding carboxylic acids is 4. The Labute approximate surface area is 226 Å². The number of hydrogen-bond donors (Lipinski definition) is 4. The number of rotatable bonds is 7. The van der Waals surface area contributed by atoms with Crippen LogP contribution < -0.4 is 16.0 Å². The van der Waals surface area contributed by atoms with Crippen molar-refractivity contribution in [1.29, 1.82) is 0 Å². The molecule has 37 heavy (non-hydrogen) atoms. The molecule has 8 nitrogen and oxygen atoms in total. The highest BCUT2D eigenvalue weighted by atomic mass is 32.1. The van der Waals surface area contributed by atoms with E-state index in [4.69, 9.17) is 0 Å². The summed E-state index contributed by atoms with van der Waals surface area (Å²) in [4.78, 5) is 54.3. The van der Waals surface area contributed by atoms with Gasteiger partial charge in [-0.1, -0.05) is 51.0 Å². The van der Waals surface area contributed by atoms with Gasteiger partial charge >= 0.3 is 0 Å². The van der Waals surface area contributed by atoms with Crippen LogP contribution in [0.5, 0.6) is 0 Å². The van der Waals surface area contributed by atoms with Gasteiger partial charge in [0.05, 0.1) is 6.42 Å². The van der Waals surface area contributed by atoms with Crippen molar-refractivity contribution in [3.8, 4) is 0 Å². The summed E-state index contributed by atoms with van der Waals surface area (Å²) in [6.07, 6.45) is 5.54. The van der Waals surface area contributed by atoms with E-state index in [1.807, 2.05) is 24.3 Å². The highest BCUT2D eigenvalue weighted by Gasteiger charge is 2.36. The Kier molecular flexibility index (Phi) is 11.3. The summed E-state index contributed by atoms with van der Waals surface area (Å²) in [6.45, 7) is 4.94. The molecule has 3 N–H and O–H groups in total. The molecule has 0 radical (unpaired) electrons. The third kappa shape index (κ3) is 9.05. The zero-order valence-electron chi connectivity index (χ0n) is 22.1. The van der Waals surface area contributed by atoms with Crippen molar-refractivity contribution >= 4 is 36.3 Å². The lowest BCUT2D eigenvalue weighted by atomic mass is 9.99. The maximum Gasteiger partial charge on any atom is 0.243 e. The summed E-state index contributed by atoms with van der Waals surface area (Å²) in [5.41, 5.74) is 1.73. The quantitative estimate of drug-likeness (QED) is 0.321. The number of fused-ring (bicyclic) bond motifs is 3. The molecule has 204 valence electrons. The van der Waals surface area contributed by atoms with Crippen molar-refractivity contribution < 1.29 is 19.2 Å². The van der Waals surface area contributed by atoms with Gasteiger partial charge in [-0.15, -0.1) is 0 Å². The molecule has 3 atom stereocenters. The second-order valence-corrected chi connectivity index (χ2v) is 11.1. The molecule has 2 heterocycles. The van der Waals surface area contributed by atoms with E-state index in [0.29, 0.717) is 38.3 Å². The van der Waals surface area contributed by atoms with E-state index in [-0.39, 0.29) is 42.5 Å². The number of nitrogens with zero attached hydrogens (tertiary/aromatic N) is 1. The molecule has 4 amide bonds.